The number of anilines is 2. The molecule has 0 saturated carbocycles. The number of aromatic hydroxyl groups is 1. The summed E-state index contributed by atoms with van der Waals surface area (Å²) >= 11 is 6.15. The highest BCUT2D eigenvalue weighted by molar-refractivity contribution is 6.33. The van der Waals surface area contributed by atoms with Gasteiger partial charge in [-0.2, -0.15) is 22.7 Å². The van der Waals surface area contributed by atoms with Crippen LogP contribution in [-0.4, -0.2) is 89.3 Å². The van der Waals surface area contributed by atoms with E-state index in [0.717, 1.165) is 23.8 Å². The topological polar surface area (TPSA) is 160 Å². The summed E-state index contributed by atoms with van der Waals surface area (Å²) in [6, 6.07) is 2.09. The van der Waals surface area contributed by atoms with Gasteiger partial charge in [-0.1, -0.05) is 24.6 Å². The minimum absolute atomic E-state index is 0.0104. The number of alkyl halides is 3. The molecule has 1 aromatic carbocycles. The van der Waals surface area contributed by atoms with E-state index in [4.69, 9.17) is 21.3 Å². The number of rotatable bonds is 7. The smallest absolute Gasteiger partial charge is 0.416 e. The number of halogens is 4. The van der Waals surface area contributed by atoms with Gasteiger partial charge in [-0.15, -0.1) is 5.10 Å². The van der Waals surface area contributed by atoms with E-state index in [9.17, 15) is 32.7 Å². The number of ether oxygens (including phenoxy) is 1. The maximum atomic E-state index is 14.5. The van der Waals surface area contributed by atoms with E-state index in [1.165, 1.54) is 10.8 Å². The van der Waals surface area contributed by atoms with Gasteiger partial charge < -0.3 is 29.5 Å². The number of fused-ring (bicyclic) bond motifs is 2. The number of carbonyl (C=O) groups is 2. The Kier molecular flexibility index (Phi) is 9.41. The van der Waals surface area contributed by atoms with Crippen molar-refractivity contribution in [3.05, 3.63) is 74.4 Å². The maximum absolute atomic E-state index is 14.5. The Labute approximate surface area is 299 Å². The molecule has 2 fully saturated rings. The van der Waals surface area contributed by atoms with Crippen molar-refractivity contribution in [1.82, 2.24) is 34.0 Å². The van der Waals surface area contributed by atoms with Gasteiger partial charge in [0.25, 0.3) is 11.5 Å². The minimum atomic E-state index is -4.61. The molecule has 14 nitrogen and oxygen atoms in total. The summed E-state index contributed by atoms with van der Waals surface area (Å²) < 4.78 is 48.0. The Hall–Kier alpha value is -5.03. The molecule has 0 bridgehead atoms. The monoisotopic (exact) mass is 741 g/mol. The molecule has 3 aliphatic rings. The van der Waals surface area contributed by atoms with Gasteiger partial charge in [0.1, 0.15) is 18.6 Å². The van der Waals surface area contributed by atoms with Crippen LogP contribution in [0.25, 0.3) is 11.4 Å². The largest absolute Gasteiger partial charge is 0.504 e. The third-order valence-electron chi connectivity index (χ3n) is 9.85. The molecule has 7 rings (SSSR count). The van der Waals surface area contributed by atoms with Crippen LogP contribution in [0.1, 0.15) is 65.9 Å². The number of nitrogens with one attached hydrogen (secondary N) is 1. The molecule has 274 valence electrons. The number of aryl methyl sites for hydroxylation is 1. The molecule has 2 saturated heterocycles. The summed E-state index contributed by atoms with van der Waals surface area (Å²) in [5.74, 6) is -0.881. The van der Waals surface area contributed by atoms with E-state index in [-0.39, 0.29) is 52.3 Å². The number of likely N-dealkylation sites (tertiary alicyclic amines) is 1. The maximum Gasteiger partial charge on any atom is 0.416 e. The lowest BCUT2D eigenvalue weighted by atomic mass is 9.96. The lowest BCUT2D eigenvalue weighted by Gasteiger charge is -2.40. The number of benzene rings is 1. The Balaban J connectivity index is 1.28. The van der Waals surface area contributed by atoms with Gasteiger partial charge in [-0.25, -0.2) is 9.97 Å². The van der Waals surface area contributed by atoms with E-state index >= 15 is 0 Å². The van der Waals surface area contributed by atoms with Crippen molar-refractivity contribution < 1.29 is 32.6 Å². The van der Waals surface area contributed by atoms with Gasteiger partial charge in [-0.05, 0) is 62.8 Å². The Morgan fingerprint density at radius 1 is 1.15 bits per heavy atom. The van der Waals surface area contributed by atoms with Crippen molar-refractivity contribution in [3.63, 3.8) is 0 Å². The fourth-order valence-electron chi connectivity index (χ4n) is 7.37. The minimum Gasteiger partial charge on any atom is -0.504 e. The second kappa shape index (κ2) is 13.8. The van der Waals surface area contributed by atoms with Crippen molar-refractivity contribution in [3.8, 4) is 5.75 Å². The second-order valence-corrected chi connectivity index (χ2v) is 13.3. The van der Waals surface area contributed by atoms with Crippen LogP contribution in [-0.2, 0) is 28.7 Å². The van der Waals surface area contributed by atoms with Gasteiger partial charge >= 0.3 is 6.18 Å². The predicted octanol–water partition coefficient (Wildman–Crippen LogP) is 4.26. The molecule has 0 aliphatic carbocycles. The van der Waals surface area contributed by atoms with Gasteiger partial charge in [0, 0.05) is 19.1 Å². The number of nitrogens with zero attached hydrogens (tertiary/aromatic N) is 8. The average molecular weight is 742 g/mol. The highest BCUT2D eigenvalue weighted by Crippen LogP contribution is 2.37. The zero-order chi connectivity index (χ0) is 36.9. The van der Waals surface area contributed by atoms with Crippen LogP contribution < -0.4 is 15.8 Å². The second-order valence-electron chi connectivity index (χ2n) is 12.9. The first-order valence-electron chi connectivity index (χ1n) is 16.9. The first-order chi connectivity index (χ1) is 24.9. The molecule has 2 amide bonds. The Morgan fingerprint density at radius 3 is 2.67 bits per heavy atom. The standard InChI is InChI=1S/C34H35ClF3N9O5/c1-3-23-28(44-12-8-25-24(44)5-4-11-45(25)31(50)27-29(49)18(2)39-17-40-27)32(51)47-33(42-30(43-47)19-9-13-52-14-10-19)46(23)16-26(48)41-22-7-6-20(15-21(22)35)34(36,37)38/h6-7,9,15,17,24-25,49H,3-5,8,10-14,16H2,1-2H3,(H,41,48). The molecule has 0 radical (unpaired) electrons. The number of hydrogen-bond donors (Lipinski definition) is 2. The van der Waals surface area contributed by atoms with Gasteiger partial charge in [0.05, 0.1) is 46.9 Å². The SMILES string of the molecule is CCc1c(N2CCC3C2CCCN3C(=O)c2ncnc(C)c2O)c(=O)n2nc(C3=CCOCC3)nc2n1CC(=O)Nc1ccc(C(F)(F)F)cc1Cl. The highest BCUT2D eigenvalue weighted by atomic mass is 35.5. The van der Waals surface area contributed by atoms with Crippen LogP contribution in [0.15, 0.2) is 35.4 Å². The summed E-state index contributed by atoms with van der Waals surface area (Å²) in [4.78, 5) is 58.3. The van der Waals surface area contributed by atoms with Gasteiger partial charge in [0.15, 0.2) is 17.3 Å². The van der Waals surface area contributed by atoms with E-state index in [1.807, 2.05) is 17.9 Å². The molecule has 3 aliphatic heterocycles. The Bertz CT molecular complexity index is 2170. The summed E-state index contributed by atoms with van der Waals surface area (Å²) in [5.41, 5.74) is 0.403. The van der Waals surface area contributed by atoms with Gasteiger partial charge in [0.2, 0.25) is 11.7 Å². The summed E-state index contributed by atoms with van der Waals surface area (Å²) in [6.45, 7) is 4.73. The van der Waals surface area contributed by atoms with Gasteiger partial charge in [-0.3, -0.25) is 14.4 Å². The third kappa shape index (κ3) is 6.35. The van der Waals surface area contributed by atoms with E-state index in [0.29, 0.717) is 75.6 Å². The van der Waals surface area contributed by atoms with Crippen molar-refractivity contribution in [2.45, 2.75) is 70.8 Å². The number of amides is 2. The summed E-state index contributed by atoms with van der Waals surface area (Å²) in [5, 5.41) is 17.5. The molecular formula is C34H35ClF3N9O5. The Morgan fingerprint density at radius 2 is 1.96 bits per heavy atom. The van der Waals surface area contributed by atoms with E-state index in [1.54, 1.807) is 16.4 Å². The summed E-state index contributed by atoms with van der Waals surface area (Å²) in [6.07, 6.45) is 1.12. The fraction of sp³-hybridized carbons (Fsp3) is 0.441. The number of hydrogen-bond acceptors (Lipinski definition) is 10. The molecular weight excluding hydrogens is 707 g/mol. The van der Waals surface area contributed by atoms with Crippen molar-refractivity contribution in [1.29, 1.82) is 0 Å². The molecule has 3 aromatic heterocycles. The van der Waals surface area contributed by atoms with Crippen LogP contribution in [0.2, 0.25) is 5.02 Å². The van der Waals surface area contributed by atoms with E-state index < -0.39 is 29.1 Å². The van der Waals surface area contributed by atoms with Crippen LogP contribution in [0.3, 0.4) is 0 Å². The molecule has 2 unspecified atom stereocenters. The average Bonchev–Trinajstić information content (AvgIpc) is 3.77. The molecule has 0 spiro atoms. The fourth-order valence-corrected chi connectivity index (χ4v) is 7.60. The number of piperidine rings is 1. The normalized spacial score (nSPS) is 19.2. The van der Waals surface area contributed by atoms with Crippen molar-refractivity contribution >= 4 is 46.1 Å². The first-order valence-corrected chi connectivity index (χ1v) is 17.3. The molecule has 52 heavy (non-hydrogen) atoms. The lowest BCUT2D eigenvalue weighted by molar-refractivity contribution is -0.137. The van der Waals surface area contributed by atoms with Crippen LogP contribution in [0.4, 0.5) is 24.5 Å². The third-order valence-corrected chi connectivity index (χ3v) is 10.2. The van der Waals surface area contributed by atoms with Crippen LogP contribution >= 0.6 is 11.6 Å². The quantitative estimate of drug-likeness (QED) is 0.280. The molecule has 6 heterocycles. The van der Waals surface area contributed by atoms with Crippen molar-refractivity contribution in [2.24, 2.45) is 0 Å². The van der Waals surface area contributed by atoms with Crippen LogP contribution in [0.5, 0.6) is 5.75 Å². The number of carbonyl (C=O) groups excluding carboxylic acids is 2. The zero-order valence-corrected chi connectivity index (χ0v) is 29.0. The number of aromatic nitrogens is 6. The van der Waals surface area contributed by atoms with Crippen LogP contribution in [0, 0.1) is 6.92 Å². The lowest BCUT2D eigenvalue weighted by Crippen LogP contribution is -2.53. The molecule has 4 aromatic rings. The molecule has 2 atom stereocenters. The predicted molar refractivity (Wildman–Crippen MR) is 183 cm³/mol. The highest BCUT2D eigenvalue weighted by Gasteiger charge is 2.45. The van der Waals surface area contributed by atoms with Crippen molar-refractivity contribution in [2.75, 3.05) is 36.5 Å². The first kappa shape index (κ1) is 35.4. The van der Waals surface area contributed by atoms with E-state index in [2.05, 4.69) is 20.4 Å². The molecule has 18 heteroatoms. The zero-order valence-electron chi connectivity index (χ0n) is 28.3. The summed E-state index contributed by atoms with van der Waals surface area (Å²) in [7, 11) is 0. The molecule has 2 N–H and O–H groups in total.